The molecule has 0 amide bonds. The van der Waals surface area contributed by atoms with Crippen LogP contribution in [0.3, 0.4) is 0 Å². The van der Waals surface area contributed by atoms with Crippen LogP contribution >= 0.6 is 11.6 Å². The quantitative estimate of drug-likeness (QED) is 0.466. The fraction of sp³-hybridized carbons (Fsp3) is 0.273. The lowest BCUT2D eigenvalue weighted by Crippen LogP contribution is -2.18. The standard InChI is InChI=1S/C11H10ClFO3/c1-3-16-11(15)10(14)8-4-7(13)5-9(12)6(8)2/h4-5H,3H2,1-2H3. The molecule has 0 aromatic heterocycles. The summed E-state index contributed by atoms with van der Waals surface area (Å²) < 4.78 is 17.6. The molecule has 0 saturated heterocycles. The SMILES string of the molecule is CCOC(=O)C(=O)c1cc(F)cc(Cl)c1C. The van der Waals surface area contributed by atoms with Gasteiger partial charge in [-0.25, -0.2) is 9.18 Å². The molecule has 0 saturated carbocycles. The molecule has 0 atom stereocenters. The molecule has 86 valence electrons. The van der Waals surface area contributed by atoms with Gasteiger partial charge in [-0.1, -0.05) is 11.6 Å². The number of ether oxygens (including phenoxy) is 1. The van der Waals surface area contributed by atoms with E-state index in [2.05, 4.69) is 4.74 Å². The predicted molar refractivity (Wildman–Crippen MR) is 57.1 cm³/mol. The average Bonchev–Trinajstić information content (AvgIpc) is 2.22. The minimum atomic E-state index is -1.01. The second-order valence-electron chi connectivity index (χ2n) is 3.11. The van der Waals surface area contributed by atoms with Gasteiger partial charge in [-0.3, -0.25) is 4.79 Å². The number of carbonyl (C=O) groups excluding carboxylic acids is 2. The van der Waals surface area contributed by atoms with Gasteiger partial charge in [-0.05, 0) is 31.5 Å². The smallest absolute Gasteiger partial charge is 0.379 e. The van der Waals surface area contributed by atoms with Crippen LogP contribution in [0.5, 0.6) is 0 Å². The zero-order chi connectivity index (χ0) is 12.3. The van der Waals surface area contributed by atoms with Gasteiger partial charge in [0.05, 0.1) is 6.61 Å². The van der Waals surface area contributed by atoms with Crippen molar-refractivity contribution in [3.63, 3.8) is 0 Å². The van der Waals surface area contributed by atoms with Crippen LogP contribution in [0.15, 0.2) is 12.1 Å². The van der Waals surface area contributed by atoms with Gasteiger partial charge in [0.1, 0.15) is 5.82 Å². The fourth-order valence-electron chi connectivity index (χ4n) is 1.19. The highest BCUT2D eigenvalue weighted by molar-refractivity contribution is 6.42. The number of Topliss-reactive ketones (excluding diaryl/α,β-unsaturated/α-hetero) is 1. The Kier molecular flexibility index (Phi) is 4.01. The number of ketones is 1. The predicted octanol–water partition coefficient (Wildman–Crippen LogP) is 2.53. The molecule has 0 aliphatic rings. The van der Waals surface area contributed by atoms with Crippen LogP contribution in [0.4, 0.5) is 4.39 Å². The Labute approximate surface area is 97.2 Å². The van der Waals surface area contributed by atoms with E-state index in [0.29, 0.717) is 5.56 Å². The summed E-state index contributed by atoms with van der Waals surface area (Å²) in [7, 11) is 0. The molecule has 0 fully saturated rings. The largest absolute Gasteiger partial charge is 0.460 e. The Balaban J connectivity index is 3.13. The number of carbonyl (C=O) groups is 2. The van der Waals surface area contributed by atoms with E-state index in [1.807, 2.05) is 0 Å². The fourth-order valence-corrected chi connectivity index (χ4v) is 1.39. The van der Waals surface area contributed by atoms with Gasteiger partial charge < -0.3 is 4.74 Å². The summed E-state index contributed by atoms with van der Waals surface area (Å²) in [6.45, 7) is 3.21. The van der Waals surface area contributed by atoms with E-state index < -0.39 is 17.6 Å². The molecule has 0 unspecified atom stereocenters. The van der Waals surface area contributed by atoms with Crippen LogP contribution in [0, 0.1) is 12.7 Å². The van der Waals surface area contributed by atoms with Gasteiger partial charge in [-0.15, -0.1) is 0 Å². The Morgan fingerprint density at radius 2 is 2.06 bits per heavy atom. The first-order valence-electron chi connectivity index (χ1n) is 4.64. The molecule has 0 aliphatic heterocycles. The van der Waals surface area contributed by atoms with E-state index >= 15 is 0 Å². The van der Waals surface area contributed by atoms with E-state index in [1.165, 1.54) is 6.92 Å². The van der Waals surface area contributed by atoms with Gasteiger partial charge in [-0.2, -0.15) is 0 Å². The molecular weight excluding hydrogens is 235 g/mol. The van der Waals surface area contributed by atoms with Crippen LogP contribution in [0.1, 0.15) is 22.8 Å². The third kappa shape index (κ3) is 2.58. The van der Waals surface area contributed by atoms with Gasteiger partial charge in [0.15, 0.2) is 0 Å². The zero-order valence-electron chi connectivity index (χ0n) is 8.84. The lowest BCUT2D eigenvalue weighted by molar-refractivity contribution is -0.137. The van der Waals surface area contributed by atoms with E-state index in [4.69, 9.17) is 11.6 Å². The van der Waals surface area contributed by atoms with Gasteiger partial charge in [0.2, 0.25) is 0 Å². The maximum Gasteiger partial charge on any atom is 0.379 e. The summed E-state index contributed by atoms with van der Waals surface area (Å²) in [6.07, 6.45) is 0. The lowest BCUT2D eigenvalue weighted by Gasteiger charge is -2.06. The van der Waals surface area contributed by atoms with Crippen molar-refractivity contribution in [2.45, 2.75) is 13.8 Å². The van der Waals surface area contributed by atoms with Crippen molar-refractivity contribution in [1.29, 1.82) is 0 Å². The van der Waals surface area contributed by atoms with Crippen molar-refractivity contribution in [2.24, 2.45) is 0 Å². The highest BCUT2D eigenvalue weighted by Gasteiger charge is 2.21. The Morgan fingerprint density at radius 1 is 1.44 bits per heavy atom. The number of halogens is 2. The molecule has 0 radical (unpaired) electrons. The summed E-state index contributed by atoms with van der Waals surface area (Å²) in [4.78, 5) is 22.7. The average molecular weight is 245 g/mol. The van der Waals surface area contributed by atoms with E-state index in [-0.39, 0.29) is 17.2 Å². The van der Waals surface area contributed by atoms with Crippen LogP contribution in [-0.2, 0) is 9.53 Å². The van der Waals surface area contributed by atoms with Gasteiger partial charge >= 0.3 is 5.97 Å². The number of benzene rings is 1. The Morgan fingerprint density at radius 3 is 2.62 bits per heavy atom. The maximum atomic E-state index is 13.0. The van der Waals surface area contributed by atoms with Gasteiger partial charge in [0, 0.05) is 10.6 Å². The van der Waals surface area contributed by atoms with E-state index in [0.717, 1.165) is 12.1 Å². The van der Waals surface area contributed by atoms with Crippen molar-refractivity contribution < 1.29 is 18.7 Å². The molecular formula is C11H10ClFO3. The molecule has 1 rings (SSSR count). The van der Waals surface area contributed by atoms with E-state index in [1.54, 1.807) is 6.92 Å². The molecule has 0 bridgehead atoms. The number of hydrogen-bond acceptors (Lipinski definition) is 3. The highest BCUT2D eigenvalue weighted by atomic mass is 35.5. The molecule has 0 heterocycles. The van der Waals surface area contributed by atoms with Crippen LogP contribution in [-0.4, -0.2) is 18.4 Å². The van der Waals surface area contributed by atoms with E-state index in [9.17, 15) is 14.0 Å². The van der Waals surface area contributed by atoms with Gasteiger partial charge in [0.25, 0.3) is 5.78 Å². The number of rotatable bonds is 3. The molecule has 1 aromatic carbocycles. The summed E-state index contributed by atoms with van der Waals surface area (Å²) in [6, 6.07) is 2.05. The third-order valence-corrected chi connectivity index (χ3v) is 2.41. The minimum absolute atomic E-state index is 0.0662. The summed E-state index contributed by atoms with van der Waals surface area (Å²) in [5.41, 5.74) is 0.296. The molecule has 1 aromatic rings. The monoisotopic (exact) mass is 244 g/mol. The highest BCUT2D eigenvalue weighted by Crippen LogP contribution is 2.21. The second-order valence-corrected chi connectivity index (χ2v) is 3.52. The second kappa shape index (κ2) is 5.07. The maximum absolute atomic E-state index is 13.0. The van der Waals surface area contributed by atoms with Crippen molar-refractivity contribution in [3.8, 4) is 0 Å². The Hall–Kier alpha value is -1.42. The van der Waals surface area contributed by atoms with Crippen molar-refractivity contribution >= 4 is 23.4 Å². The first-order valence-corrected chi connectivity index (χ1v) is 5.02. The molecule has 0 N–H and O–H groups in total. The minimum Gasteiger partial charge on any atom is -0.460 e. The summed E-state index contributed by atoms with van der Waals surface area (Å²) >= 11 is 5.70. The van der Waals surface area contributed by atoms with Crippen LogP contribution in [0.2, 0.25) is 5.02 Å². The van der Waals surface area contributed by atoms with Crippen molar-refractivity contribution in [1.82, 2.24) is 0 Å². The number of esters is 1. The van der Waals surface area contributed by atoms with Crippen molar-refractivity contribution in [3.05, 3.63) is 34.1 Å². The third-order valence-electron chi connectivity index (χ3n) is 2.01. The van der Waals surface area contributed by atoms with Crippen LogP contribution < -0.4 is 0 Å². The molecule has 16 heavy (non-hydrogen) atoms. The lowest BCUT2D eigenvalue weighted by atomic mass is 10.0. The van der Waals surface area contributed by atoms with Crippen LogP contribution in [0.25, 0.3) is 0 Å². The molecule has 3 nitrogen and oxygen atoms in total. The first-order chi connectivity index (χ1) is 7.47. The molecule has 5 heteroatoms. The normalized spacial score (nSPS) is 10.0. The summed E-state index contributed by atoms with van der Waals surface area (Å²) in [5, 5.41) is 0.104. The number of hydrogen-bond donors (Lipinski definition) is 0. The molecule has 0 spiro atoms. The Bertz CT molecular complexity index is 443. The first kappa shape index (κ1) is 12.6. The molecule has 0 aliphatic carbocycles. The zero-order valence-corrected chi connectivity index (χ0v) is 9.60. The van der Waals surface area contributed by atoms with Crippen molar-refractivity contribution in [2.75, 3.05) is 6.61 Å². The summed E-state index contributed by atoms with van der Waals surface area (Å²) in [5.74, 6) is -2.56. The topological polar surface area (TPSA) is 43.4 Å².